The van der Waals surface area contributed by atoms with E-state index in [-0.39, 0.29) is 87.4 Å². The SMILES string of the molecule is CC(C)[C@H](CC(=O)CCOCCOCCN1C(=O)C=CC1=O)C(=O)N[C@@H](C)C(=O)Nc1ccc(COC(=O)Oc2ccc([N+](=O)[O-])cc2)cc1. The van der Waals surface area contributed by atoms with Gasteiger partial charge in [0.25, 0.3) is 17.5 Å². The minimum atomic E-state index is -1.000. The zero-order chi connectivity index (χ0) is 36.6. The number of ketones is 1. The van der Waals surface area contributed by atoms with Crippen molar-refractivity contribution < 1.29 is 52.6 Å². The lowest BCUT2D eigenvalue weighted by Gasteiger charge is -2.22. The summed E-state index contributed by atoms with van der Waals surface area (Å²) in [6, 6.07) is 10.5. The summed E-state index contributed by atoms with van der Waals surface area (Å²) in [5.41, 5.74) is 0.880. The molecule has 3 rings (SSSR count). The van der Waals surface area contributed by atoms with Gasteiger partial charge >= 0.3 is 6.16 Å². The van der Waals surface area contributed by atoms with Gasteiger partial charge in [-0.2, -0.15) is 0 Å². The lowest BCUT2D eigenvalue weighted by molar-refractivity contribution is -0.384. The molecular weight excluding hydrogens is 656 g/mol. The Hall–Kier alpha value is -5.48. The topological polar surface area (TPSA) is 210 Å². The van der Waals surface area contributed by atoms with E-state index in [1.54, 1.807) is 24.3 Å². The second-order valence-corrected chi connectivity index (χ2v) is 11.5. The van der Waals surface area contributed by atoms with Crippen LogP contribution in [0.4, 0.5) is 16.2 Å². The van der Waals surface area contributed by atoms with Crippen LogP contribution in [0, 0.1) is 22.0 Å². The monoisotopic (exact) mass is 696 g/mol. The first-order valence-electron chi connectivity index (χ1n) is 15.8. The van der Waals surface area contributed by atoms with Crippen molar-refractivity contribution in [3.05, 3.63) is 76.4 Å². The smallest absolute Gasteiger partial charge is 0.429 e. The fraction of sp³-hybridized carbons (Fsp3) is 0.412. The Morgan fingerprint density at radius 2 is 1.46 bits per heavy atom. The maximum Gasteiger partial charge on any atom is 0.514 e. The lowest BCUT2D eigenvalue weighted by atomic mass is 9.89. The highest BCUT2D eigenvalue weighted by Crippen LogP contribution is 2.19. The van der Waals surface area contributed by atoms with E-state index < -0.39 is 34.9 Å². The first-order chi connectivity index (χ1) is 23.8. The van der Waals surface area contributed by atoms with Gasteiger partial charge in [-0.05, 0) is 42.7 Å². The van der Waals surface area contributed by atoms with E-state index in [2.05, 4.69) is 10.6 Å². The second-order valence-electron chi connectivity index (χ2n) is 11.5. The number of carbonyl (C=O) groups is 6. The highest BCUT2D eigenvalue weighted by molar-refractivity contribution is 6.12. The van der Waals surface area contributed by atoms with Crippen LogP contribution in [0.25, 0.3) is 0 Å². The number of nitro groups is 1. The molecule has 0 fully saturated rings. The second kappa shape index (κ2) is 19.5. The number of imide groups is 1. The van der Waals surface area contributed by atoms with E-state index in [0.717, 1.165) is 4.90 Å². The van der Waals surface area contributed by atoms with E-state index in [9.17, 15) is 38.9 Å². The van der Waals surface area contributed by atoms with E-state index >= 15 is 0 Å². The highest BCUT2D eigenvalue weighted by Gasteiger charge is 2.28. The Morgan fingerprint density at radius 3 is 2.06 bits per heavy atom. The molecule has 16 heteroatoms. The predicted molar refractivity (Wildman–Crippen MR) is 177 cm³/mol. The zero-order valence-electron chi connectivity index (χ0n) is 28.0. The van der Waals surface area contributed by atoms with Crippen molar-refractivity contribution in [1.82, 2.24) is 10.2 Å². The molecular formula is C34H40N4O12. The lowest BCUT2D eigenvalue weighted by Crippen LogP contribution is -2.45. The number of nitrogens with zero attached hydrogens (tertiary/aromatic N) is 2. The van der Waals surface area contributed by atoms with Crippen molar-refractivity contribution >= 4 is 46.9 Å². The van der Waals surface area contributed by atoms with Gasteiger partial charge in [0.2, 0.25) is 11.8 Å². The van der Waals surface area contributed by atoms with Gasteiger partial charge in [0.15, 0.2) is 0 Å². The van der Waals surface area contributed by atoms with Crippen LogP contribution in [0.15, 0.2) is 60.7 Å². The third-order valence-electron chi connectivity index (χ3n) is 7.43. The Kier molecular flexibility index (Phi) is 15.2. The molecule has 2 aromatic rings. The largest absolute Gasteiger partial charge is 0.514 e. The van der Waals surface area contributed by atoms with Crippen molar-refractivity contribution in [3.8, 4) is 5.75 Å². The van der Waals surface area contributed by atoms with Crippen molar-refractivity contribution in [2.75, 3.05) is 38.3 Å². The third kappa shape index (κ3) is 12.9. The maximum atomic E-state index is 13.0. The van der Waals surface area contributed by atoms with Crippen LogP contribution < -0.4 is 15.4 Å². The van der Waals surface area contributed by atoms with Gasteiger partial charge in [0.05, 0.1) is 37.9 Å². The summed E-state index contributed by atoms with van der Waals surface area (Å²) in [4.78, 5) is 84.6. The van der Waals surface area contributed by atoms with Gasteiger partial charge in [-0.1, -0.05) is 26.0 Å². The summed E-state index contributed by atoms with van der Waals surface area (Å²) in [6.07, 6.45) is 1.48. The van der Waals surface area contributed by atoms with Crippen LogP contribution >= 0.6 is 0 Å². The molecule has 0 unspecified atom stereocenters. The average molecular weight is 697 g/mol. The summed E-state index contributed by atoms with van der Waals surface area (Å²) in [6.45, 7) is 5.91. The summed E-state index contributed by atoms with van der Waals surface area (Å²) >= 11 is 0. The van der Waals surface area contributed by atoms with Crippen LogP contribution in [-0.2, 0) is 44.8 Å². The number of carbonyl (C=O) groups excluding carboxylic acids is 6. The molecule has 0 aliphatic carbocycles. The Balaban J connectivity index is 1.32. The van der Waals surface area contributed by atoms with Gasteiger partial charge in [-0.3, -0.25) is 39.0 Å². The van der Waals surface area contributed by atoms with Crippen LogP contribution in [0.3, 0.4) is 0 Å². The molecule has 1 aliphatic rings. The number of hydrogen-bond donors (Lipinski definition) is 2. The molecule has 50 heavy (non-hydrogen) atoms. The van der Waals surface area contributed by atoms with Crippen molar-refractivity contribution in [3.63, 3.8) is 0 Å². The van der Waals surface area contributed by atoms with Crippen molar-refractivity contribution in [2.45, 2.75) is 46.3 Å². The first-order valence-corrected chi connectivity index (χ1v) is 15.8. The van der Waals surface area contributed by atoms with E-state index in [0.29, 0.717) is 11.3 Å². The zero-order valence-corrected chi connectivity index (χ0v) is 28.0. The minimum Gasteiger partial charge on any atom is -0.429 e. The minimum absolute atomic E-state index is 0.0193. The Labute approximate surface area is 288 Å². The van der Waals surface area contributed by atoms with Crippen molar-refractivity contribution in [1.29, 1.82) is 0 Å². The van der Waals surface area contributed by atoms with Crippen LogP contribution in [0.5, 0.6) is 5.75 Å². The third-order valence-corrected chi connectivity index (χ3v) is 7.43. The predicted octanol–water partition coefficient (Wildman–Crippen LogP) is 3.33. The molecule has 0 saturated heterocycles. The standard InChI is InChI=1S/C34H40N4O12/c1-22(2)29(20-27(39)14-16-47-18-19-48-17-15-37-30(40)12-13-31(37)41)33(43)35-23(3)32(42)36-25-6-4-24(5-7-25)21-49-34(44)50-28-10-8-26(9-11-28)38(45)46/h4-13,22-23,29H,14-21H2,1-3H3,(H,35,43)(H,36,42)/t23-,29-/m0/s1. The number of amides is 4. The average Bonchev–Trinajstić information content (AvgIpc) is 3.40. The molecule has 1 heterocycles. The number of benzene rings is 2. The maximum absolute atomic E-state index is 13.0. The Morgan fingerprint density at radius 1 is 0.840 bits per heavy atom. The number of non-ortho nitro benzene ring substituents is 1. The summed E-state index contributed by atoms with van der Waals surface area (Å²) < 4.78 is 20.8. The summed E-state index contributed by atoms with van der Waals surface area (Å²) in [5.74, 6) is -2.57. The molecule has 0 spiro atoms. The molecule has 4 amide bonds. The molecule has 268 valence electrons. The molecule has 2 N–H and O–H groups in total. The van der Waals surface area contributed by atoms with Gasteiger partial charge in [-0.15, -0.1) is 0 Å². The summed E-state index contributed by atoms with van der Waals surface area (Å²) in [7, 11) is 0. The number of hydrogen-bond acceptors (Lipinski definition) is 12. The number of nitro benzene ring substituents is 1. The van der Waals surface area contributed by atoms with Gasteiger partial charge in [-0.25, -0.2) is 4.79 Å². The molecule has 0 saturated carbocycles. The molecule has 2 aromatic carbocycles. The number of rotatable bonds is 20. The van der Waals surface area contributed by atoms with E-state index in [1.165, 1.54) is 43.3 Å². The van der Waals surface area contributed by atoms with Gasteiger partial charge < -0.3 is 29.6 Å². The quantitative estimate of drug-likeness (QED) is 0.0510. The number of ether oxygens (including phenoxy) is 4. The normalized spacial score (nSPS) is 13.6. The summed E-state index contributed by atoms with van der Waals surface area (Å²) in [5, 5.41) is 16.1. The van der Waals surface area contributed by atoms with E-state index in [1.807, 2.05) is 13.8 Å². The van der Waals surface area contributed by atoms with Gasteiger partial charge in [0, 0.05) is 48.7 Å². The molecule has 0 radical (unpaired) electrons. The highest BCUT2D eigenvalue weighted by atomic mass is 16.7. The number of anilines is 1. The molecule has 1 aliphatic heterocycles. The molecule has 2 atom stereocenters. The van der Waals surface area contributed by atoms with Gasteiger partial charge in [0.1, 0.15) is 24.2 Å². The fourth-order valence-corrected chi connectivity index (χ4v) is 4.52. The van der Waals surface area contributed by atoms with Crippen LogP contribution in [0.1, 0.15) is 39.2 Å². The first kappa shape index (κ1) is 39.0. The number of nitrogens with one attached hydrogen (secondary N) is 2. The van der Waals surface area contributed by atoms with E-state index in [4.69, 9.17) is 18.9 Å². The fourth-order valence-electron chi connectivity index (χ4n) is 4.52. The van der Waals surface area contributed by atoms with Crippen LogP contribution in [-0.4, -0.2) is 84.4 Å². The number of Topliss-reactive ketones (excluding diaryl/α,β-unsaturated/α-hetero) is 1. The molecule has 16 nitrogen and oxygen atoms in total. The Bertz CT molecular complexity index is 1540. The van der Waals surface area contributed by atoms with Crippen molar-refractivity contribution in [2.24, 2.45) is 11.8 Å². The molecule has 0 bridgehead atoms. The van der Waals surface area contributed by atoms with Crippen LogP contribution in [0.2, 0.25) is 0 Å². The molecule has 0 aromatic heterocycles.